The van der Waals surface area contributed by atoms with Crippen LogP contribution in [0.1, 0.15) is 107 Å². The van der Waals surface area contributed by atoms with Crippen molar-refractivity contribution in [2.75, 3.05) is 0 Å². The molecule has 7 aromatic rings. The molecule has 0 saturated carbocycles. The fraction of sp³-hybridized carbons (Fsp3) is 0.240. The van der Waals surface area contributed by atoms with E-state index in [9.17, 15) is 4.79 Å². The Hall–Kier alpha value is -6.16. The minimum atomic E-state index is -0.234. The van der Waals surface area contributed by atoms with Gasteiger partial charge in [-0.15, -0.1) is 18.8 Å². The van der Waals surface area contributed by atoms with Crippen molar-refractivity contribution in [1.29, 1.82) is 0 Å². The van der Waals surface area contributed by atoms with Gasteiger partial charge in [0.2, 0.25) is 28.7 Å². The van der Waals surface area contributed by atoms with Crippen molar-refractivity contribution >= 4 is 66.9 Å². The van der Waals surface area contributed by atoms with Crippen LogP contribution in [0.4, 0.5) is 0 Å². The highest BCUT2D eigenvalue weighted by atomic mass is 79.9. The molecular formula is C50H52Br2Cl2N8O4. The molecule has 0 amide bonds. The summed E-state index contributed by atoms with van der Waals surface area (Å²) in [5, 5.41) is 19.0. The molecule has 3 N–H and O–H groups in total. The number of rotatable bonds is 9. The van der Waals surface area contributed by atoms with E-state index in [1.165, 1.54) is 0 Å². The first kappa shape index (κ1) is 56.0. The van der Waals surface area contributed by atoms with Crippen molar-refractivity contribution in [3.05, 3.63) is 165 Å². The second kappa shape index (κ2) is 30.9. The number of aromatic nitrogens is 6. The number of hydrogen-bond donors (Lipinski definition) is 2. The molecule has 4 heterocycles. The number of oxime groups is 1. The summed E-state index contributed by atoms with van der Waals surface area (Å²) in [6.07, 6.45) is 11.3. The number of carbonyl (C=O) groups is 1. The van der Waals surface area contributed by atoms with Gasteiger partial charge in [-0.3, -0.25) is 4.79 Å². The van der Waals surface area contributed by atoms with Crippen LogP contribution in [0.3, 0.4) is 0 Å². The summed E-state index contributed by atoms with van der Waals surface area (Å²) in [7, 11) is 0. The van der Waals surface area contributed by atoms with Crippen LogP contribution in [0.15, 0.2) is 145 Å². The maximum absolute atomic E-state index is 10.1. The molecular weight excluding hydrogens is 1010 g/mol. The molecule has 12 nitrogen and oxygen atoms in total. The zero-order valence-corrected chi connectivity index (χ0v) is 42.1. The Morgan fingerprint density at radius 2 is 1.17 bits per heavy atom. The molecule has 0 aliphatic carbocycles. The van der Waals surface area contributed by atoms with Crippen molar-refractivity contribution in [1.82, 2.24) is 30.2 Å². The van der Waals surface area contributed by atoms with Crippen molar-refractivity contribution in [3.8, 4) is 47.0 Å². The van der Waals surface area contributed by atoms with E-state index in [4.69, 9.17) is 38.0 Å². The normalized spacial score (nSPS) is 11.4. The Labute approximate surface area is 415 Å². The van der Waals surface area contributed by atoms with Gasteiger partial charge in [-0.2, -0.15) is 9.97 Å². The van der Waals surface area contributed by atoms with E-state index in [1.54, 1.807) is 30.6 Å². The molecule has 0 spiro atoms. The SMILES string of the molecule is C#Cc1ccccn1.CCC(C)C(=O)Cl.CCC(C)c1nc(-c2ccc(Br)cc2)no1.CCC(C)c1nc(-c2ccc(C#Cc3ccccn3)cc2)no1.Cl.N/C(=N\O)c1ccc(Br)cc1. The summed E-state index contributed by atoms with van der Waals surface area (Å²) in [5.41, 5.74) is 10.3. The number of nitrogens with two attached hydrogens (primary N) is 1. The lowest BCUT2D eigenvalue weighted by Gasteiger charge is -1.98. The second-order valence-corrected chi connectivity index (χ2v) is 16.2. The molecule has 3 atom stereocenters. The predicted octanol–water partition coefficient (Wildman–Crippen LogP) is 12.9. The lowest BCUT2D eigenvalue weighted by Crippen LogP contribution is -2.12. The summed E-state index contributed by atoms with van der Waals surface area (Å²) in [6, 6.07) is 34.0. The number of terminal acetylenes is 1. The number of amidine groups is 1. The van der Waals surface area contributed by atoms with Gasteiger partial charge in [-0.25, -0.2) is 9.97 Å². The van der Waals surface area contributed by atoms with E-state index in [0.29, 0.717) is 40.6 Å². The Morgan fingerprint density at radius 3 is 1.53 bits per heavy atom. The molecule has 0 aliphatic rings. The van der Waals surface area contributed by atoms with E-state index in [0.717, 1.165) is 50.6 Å². The largest absolute Gasteiger partial charge is 0.409 e. The topological polar surface area (TPSA) is 179 Å². The minimum Gasteiger partial charge on any atom is -0.409 e. The van der Waals surface area contributed by atoms with Gasteiger partial charge in [0, 0.05) is 61.3 Å². The molecule has 0 saturated heterocycles. The molecule has 344 valence electrons. The van der Waals surface area contributed by atoms with Crippen LogP contribution in [-0.2, 0) is 4.79 Å². The van der Waals surface area contributed by atoms with Crippen LogP contribution >= 0.6 is 55.9 Å². The van der Waals surface area contributed by atoms with Crippen molar-refractivity contribution in [2.24, 2.45) is 16.8 Å². The molecule has 0 aliphatic heterocycles. The van der Waals surface area contributed by atoms with Crippen LogP contribution in [0.5, 0.6) is 0 Å². The third kappa shape index (κ3) is 19.9. The number of hydrogen-bond acceptors (Lipinski definition) is 11. The van der Waals surface area contributed by atoms with Crippen molar-refractivity contribution in [3.63, 3.8) is 0 Å². The first-order valence-electron chi connectivity index (χ1n) is 20.6. The van der Waals surface area contributed by atoms with E-state index in [-0.39, 0.29) is 35.3 Å². The van der Waals surface area contributed by atoms with E-state index >= 15 is 0 Å². The highest BCUT2D eigenvalue weighted by Crippen LogP contribution is 2.24. The molecule has 7 rings (SSSR count). The fourth-order valence-electron chi connectivity index (χ4n) is 4.62. The van der Waals surface area contributed by atoms with Gasteiger partial charge in [0.1, 0.15) is 11.4 Å². The third-order valence-electron chi connectivity index (χ3n) is 9.26. The molecule has 4 aromatic heterocycles. The van der Waals surface area contributed by atoms with Crippen LogP contribution < -0.4 is 5.73 Å². The van der Waals surface area contributed by atoms with Crippen molar-refractivity contribution in [2.45, 2.75) is 72.6 Å². The summed E-state index contributed by atoms with van der Waals surface area (Å²) in [5.74, 6) is 12.0. The monoisotopic (exact) mass is 1060 g/mol. The Balaban J connectivity index is 0.000000304. The number of pyridine rings is 2. The summed E-state index contributed by atoms with van der Waals surface area (Å²) in [4.78, 5) is 27.0. The quantitative estimate of drug-likeness (QED) is 0.0351. The maximum Gasteiger partial charge on any atom is 0.229 e. The van der Waals surface area contributed by atoms with Gasteiger partial charge in [0.25, 0.3) is 0 Å². The number of benzene rings is 3. The fourth-order valence-corrected chi connectivity index (χ4v) is 5.30. The van der Waals surface area contributed by atoms with Gasteiger partial charge in [-0.1, -0.05) is 125 Å². The van der Waals surface area contributed by atoms with Gasteiger partial charge < -0.3 is 20.0 Å². The first-order chi connectivity index (χ1) is 31.3. The lowest BCUT2D eigenvalue weighted by molar-refractivity contribution is -0.114. The molecule has 66 heavy (non-hydrogen) atoms. The number of carbonyl (C=O) groups excluding carboxylic acids is 1. The standard InChI is InChI=1S/C19H17N3O.C12H13BrN2O.C7H7BrN2O.C7H5N.C5H9ClO.ClH/c1-3-14(2)19-21-18(22-23-19)16-10-7-15(8-11-16)9-12-17-6-4-5-13-20-17;1-3-8(2)12-14-11(15-16-12)9-4-6-10(13)7-5-9;8-6-3-1-5(2-4-6)7(9)10-11;1-2-7-5-3-4-6-8-7;1-3-4(2)5(6)7;/h4-8,10-11,13-14H,3H2,1-2H3;4-8H,3H2,1-2H3;1-4,11H,(H2,9,10);1,3-6H;4H,3H2,1-2H3;1H. The second-order valence-electron chi connectivity index (χ2n) is 14.0. The number of halogens is 4. The highest BCUT2D eigenvalue weighted by Gasteiger charge is 2.14. The molecule has 3 unspecified atom stereocenters. The van der Waals surface area contributed by atoms with Gasteiger partial charge in [0.05, 0.1) is 0 Å². The predicted molar refractivity (Wildman–Crippen MR) is 271 cm³/mol. The molecule has 0 bridgehead atoms. The summed E-state index contributed by atoms with van der Waals surface area (Å²) < 4.78 is 12.5. The smallest absolute Gasteiger partial charge is 0.229 e. The van der Waals surface area contributed by atoms with Crippen LogP contribution in [0.25, 0.3) is 22.8 Å². The average molecular weight is 1060 g/mol. The Kier molecular flexibility index (Phi) is 26.2. The summed E-state index contributed by atoms with van der Waals surface area (Å²) >= 11 is 11.8. The average Bonchev–Trinajstić information content (AvgIpc) is 4.06. The van der Waals surface area contributed by atoms with E-state index in [1.807, 2.05) is 105 Å². The molecule has 0 radical (unpaired) electrons. The van der Waals surface area contributed by atoms with Crippen LogP contribution in [-0.4, -0.2) is 46.5 Å². The third-order valence-corrected chi connectivity index (χ3v) is 10.7. The van der Waals surface area contributed by atoms with Gasteiger partial charge in [-0.05, 0) is 122 Å². The zero-order valence-electron chi connectivity index (χ0n) is 37.4. The lowest BCUT2D eigenvalue weighted by atomic mass is 10.1. The highest BCUT2D eigenvalue weighted by molar-refractivity contribution is 9.10. The van der Waals surface area contributed by atoms with E-state index in [2.05, 4.69) is 113 Å². The van der Waals surface area contributed by atoms with Crippen LogP contribution in [0, 0.1) is 30.1 Å². The zero-order chi connectivity index (χ0) is 47.6. The molecule has 16 heteroatoms. The minimum absolute atomic E-state index is 0. The van der Waals surface area contributed by atoms with Gasteiger partial charge in [0.15, 0.2) is 5.84 Å². The van der Waals surface area contributed by atoms with Crippen LogP contribution in [0.2, 0.25) is 0 Å². The Morgan fingerprint density at radius 1 is 0.712 bits per heavy atom. The maximum atomic E-state index is 10.1. The Bertz CT molecular complexity index is 2590. The number of nitrogens with zero attached hydrogens (tertiary/aromatic N) is 7. The van der Waals surface area contributed by atoms with E-state index < -0.39 is 0 Å². The molecule has 3 aromatic carbocycles. The molecule has 0 fully saturated rings. The van der Waals surface area contributed by atoms with Gasteiger partial charge >= 0.3 is 0 Å². The van der Waals surface area contributed by atoms with Crippen molar-refractivity contribution < 1.29 is 19.0 Å². The summed E-state index contributed by atoms with van der Waals surface area (Å²) in [6.45, 7) is 12.1. The first-order valence-corrected chi connectivity index (χ1v) is 22.6.